The second kappa shape index (κ2) is 8.02. The van der Waals surface area contributed by atoms with Crippen LogP contribution >= 0.6 is 0 Å². The van der Waals surface area contributed by atoms with Crippen molar-refractivity contribution >= 4 is 11.9 Å². The molecule has 3 rings (SSSR count). The maximum Gasteiger partial charge on any atom is 0.358 e. The van der Waals surface area contributed by atoms with Crippen molar-refractivity contribution in [2.24, 2.45) is 0 Å². The molecular formula is C18H15FN4O3. The van der Waals surface area contributed by atoms with Gasteiger partial charge in [0.1, 0.15) is 12.4 Å². The predicted octanol–water partition coefficient (Wildman–Crippen LogP) is 1.99. The van der Waals surface area contributed by atoms with Gasteiger partial charge in [-0.3, -0.25) is 9.78 Å². The molecule has 0 bridgehead atoms. The Bertz CT molecular complexity index is 912. The summed E-state index contributed by atoms with van der Waals surface area (Å²) in [4.78, 5) is 27.6. The number of amides is 1. The minimum absolute atomic E-state index is 0.00246. The average molecular weight is 354 g/mol. The molecule has 2 aromatic heterocycles. The first-order valence-electron chi connectivity index (χ1n) is 7.80. The molecule has 0 fully saturated rings. The van der Waals surface area contributed by atoms with Gasteiger partial charge in [0.05, 0.1) is 12.2 Å². The number of aromatic nitrogens is 3. The quantitative estimate of drug-likeness (QED) is 0.540. The summed E-state index contributed by atoms with van der Waals surface area (Å²) in [5.74, 6) is -1.30. The Hall–Kier alpha value is -3.55. The first-order valence-corrected chi connectivity index (χ1v) is 7.80. The largest absolute Gasteiger partial charge is 0.459 e. The van der Waals surface area contributed by atoms with Crippen molar-refractivity contribution in [3.8, 4) is 5.69 Å². The monoisotopic (exact) mass is 354 g/mol. The Labute approximate surface area is 148 Å². The van der Waals surface area contributed by atoms with Crippen molar-refractivity contribution in [2.45, 2.75) is 0 Å². The fraction of sp³-hybridized carbons (Fsp3) is 0.111. The predicted molar refractivity (Wildman–Crippen MR) is 90.4 cm³/mol. The van der Waals surface area contributed by atoms with E-state index in [-0.39, 0.29) is 24.8 Å². The van der Waals surface area contributed by atoms with E-state index < -0.39 is 11.8 Å². The number of benzene rings is 1. The van der Waals surface area contributed by atoms with E-state index in [1.807, 2.05) is 0 Å². The summed E-state index contributed by atoms with van der Waals surface area (Å²) in [5.41, 5.74) is 1.06. The maximum atomic E-state index is 13.2. The van der Waals surface area contributed by atoms with Gasteiger partial charge in [0.25, 0.3) is 5.91 Å². The van der Waals surface area contributed by atoms with Gasteiger partial charge in [0.15, 0.2) is 5.69 Å². The standard InChI is InChI=1S/C18H15FN4O3/c19-14-2-1-3-15(12-14)23-10-6-16(22-23)18(25)26-11-9-21-17(24)13-4-7-20-8-5-13/h1-8,10,12H,9,11H2,(H,21,24). The highest BCUT2D eigenvalue weighted by Gasteiger charge is 2.12. The van der Waals surface area contributed by atoms with Crippen molar-refractivity contribution < 1.29 is 18.7 Å². The van der Waals surface area contributed by atoms with Gasteiger partial charge in [-0.15, -0.1) is 0 Å². The summed E-state index contributed by atoms with van der Waals surface area (Å²) >= 11 is 0. The Morgan fingerprint density at radius 3 is 2.73 bits per heavy atom. The van der Waals surface area contributed by atoms with Crippen LogP contribution in [0.2, 0.25) is 0 Å². The highest BCUT2D eigenvalue weighted by molar-refractivity contribution is 5.94. The lowest BCUT2D eigenvalue weighted by molar-refractivity contribution is 0.0496. The van der Waals surface area contributed by atoms with Crippen molar-refractivity contribution in [1.29, 1.82) is 0 Å². The lowest BCUT2D eigenvalue weighted by atomic mass is 10.2. The first-order chi connectivity index (χ1) is 12.6. The van der Waals surface area contributed by atoms with E-state index in [0.717, 1.165) is 0 Å². The van der Waals surface area contributed by atoms with Gasteiger partial charge in [-0.1, -0.05) is 6.07 Å². The molecule has 0 aliphatic heterocycles. The van der Waals surface area contributed by atoms with Gasteiger partial charge in [-0.05, 0) is 36.4 Å². The van der Waals surface area contributed by atoms with Crippen LogP contribution in [0.3, 0.4) is 0 Å². The number of carbonyl (C=O) groups excluding carboxylic acids is 2. The number of hydrogen-bond donors (Lipinski definition) is 1. The van der Waals surface area contributed by atoms with E-state index in [1.165, 1.54) is 41.5 Å². The molecule has 3 aromatic rings. The number of hydrogen-bond acceptors (Lipinski definition) is 5. The number of nitrogens with zero attached hydrogens (tertiary/aromatic N) is 3. The minimum atomic E-state index is -0.627. The number of halogens is 1. The van der Waals surface area contributed by atoms with Crippen LogP contribution in [0.5, 0.6) is 0 Å². The third kappa shape index (κ3) is 4.29. The van der Waals surface area contributed by atoms with Crippen LogP contribution in [0.15, 0.2) is 61.1 Å². The van der Waals surface area contributed by atoms with E-state index >= 15 is 0 Å². The molecule has 0 aliphatic carbocycles. The minimum Gasteiger partial charge on any atom is -0.459 e. The zero-order chi connectivity index (χ0) is 18.4. The molecule has 132 valence electrons. The third-order valence-corrected chi connectivity index (χ3v) is 3.43. The van der Waals surface area contributed by atoms with Gasteiger partial charge >= 0.3 is 5.97 Å². The summed E-state index contributed by atoms with van der Waals surface area (Å²) in [6, 6.07) is 10.5. The van der Waals surface area contributed by atoms with Crippen LogP contribution in [0, 0.1) is 5.82 Å². The van der Waals surface area contributed by atoms with Gasteiger partial charge in [0.2, 0.25) is 0 Å². The van der Waals surface area contributed by atoms with E-state index in [4.69, 9.17) is 4.74 Å². The van der Waals surface area contributed by atoms with Gasteiger partial charge in [-0.2, -0.15) is 5.10 Å². The van der Waals surface area contributed by atoms with Crippen LogP contribution in [-0.2, 0) is 4.74 Å². The van der Waals surface area contributed by atoms with Crippen LogP contribution in [0.4, 0.5) is 4.39 Å². The molecular weight excluding hydrogens is 339 g/mol. The highest BCUT2D eigenvalue weighted by Crippen LogP contribution is 2.10. The SMILES string of the molecule is O=C(NCCOC(=O)c1ccn(-c2cccc(F)c2)n1)c1ccncc1. The Balaban J connectivity index is 1.49. The molecule has 0 aliphatic rings. The second-order valence-corrected chi connectivity index (χ2v) is 5.25. The molecule has 0 saturated heterocycles. The molecule has 8 heteroatoms. The average Bonchev–Trinajstić information content (AvgIpc) is 3.16. The molecule has 2 heterocycles. The Morgan fingerprint density at radius 1 is 1.15 bits per heavy atom. The van der Waals surface area contributed by atoms with Crippen molar-refractivity contribution in [1.82, 2.24) is 20.1 Å². The Morgan fingerprint density at radius 2 is 1.96 bits per heavy atom. The summed E-state index contributed by atoms with van der Waals surface area (Å²) < 4.78 is 19.7. The zero-order valence-corrected chi connectivity index (χ0v) is 13.6. The van der Waals surface area contributed by atoms with E-state index in [9.17, 15) is 14.0 Å². The molecule has 0 unspecified atom stereocenters. The van der Waals surface area contributed by atoms with Gasteiger partial charge in [-0.25, -0.2) is 13.9 Å². The van der Waals surface area contributed by atoms with Crippen LogP contribution in [0.1, 0.15) is 20.8 Å². The zero-order valence-electron chi connectivity index (χ0n) is 13.6. The van der Waals surface area contributed by atoms with Gasteiger partial charge in [0, 0.05) is 24.2 Å². The first kappa shape index (κ1) is 17.3. The second-order valence-electron chi connectivity index (χ2n) is 5.25. The number of carbonyl (C=O) groups is 2. The number of pyridine rings is 1. The molecule has 1 aromatic carbocycles. The van der Waals surface area contributed by atoms with Crippen LogP contribution in [0.25, 0.3) is 5.69 Å². The fourth-order valence-corrected chi connectivity index (χ4v) is 2.18. The van der Waals surface area contributed by atoms with Crippen LogP contribution < -0.4 is 5.32 Å². The molecule has 0 atom stereocenters. The van der Waals surface area contributed by atoms with Crippen molar-refractivity contribution in [3.05, 3.63) is 78.1 Å². The summed E-state index contributed by atoms with van der Waals surface area (Å²) in [7, 11) is 0. The lowest BCUT2D eigenvalue weighted by Crippen LogP contribution is -2.28. The molecule has 1 N–H and O–H groups in total. The van der Waals surface area contributed by atoms with Crippen molar-refractivity contribution in [2.75, 3.05) is 13.2 Å². The topological polar surface area (TPSA) is 86.1 Å². The third-order valence-electron chi connectivity index (χ3n) is 3.43. The fourth-order valence-electron chi connectivity index (χ4n) is 2.18. The Kier molecular flexibility index (Phi) is 5.33. The highest BCUT2D eigenvalue weighted by atomic mass is 19.1. The summed E-state index contributed by atoms with van der Waals surface area (Å²) in [5, 5.41) is 6.70. The van der Waals surface area contributed by atoms with Gasteiger partial charge < -0.3 is 10.1 Å². The number of ether oxygens (including phenoxy) is 1. The lowest BCUT2D eigenvalue weighted by Gasteiger charge is -2.06. The molecule has 0 saturated carbocycles. The maximum absolute atomic E-state index is 13.2. The number of esters is 1. The van der Waals surface area contributed by atoms with Crippen molar-refractivity contribution in [3.63, 3.8) is 0 Å². The normalized spacial score (nSPS) is 10.3. The molecule has 1 amide bonds. The molecule has 7 nitrogen and oxygen atoms in total. The molecule has 0 spiro atoms. The smallest absolute Gasteiger partial charge is 0.358 e. The summed E-state index contributed by atoms with van der Waals surface area (Å²) in [6.45, 7) is 0.167. The molecule has 26 heavy (non-hydrogen) atoms. The van der Waals surface area contributed by atoms with Crippen LogP contribution in [-0.4, -0.2) is 39.8 Å². The van der Waals surface area contributed by atoms with E-state index in [0.29, 0.717) is 11.3 Å². The number of rotatable bonds is 6. The van der Waals surface area contributed by atoms with E-state index in [1.54, 1.807) is 24.3 Å². The number of nitrogens with one attached hydrogen (secondary N) is 1. The summed E-state index contributed by atoms with van der Waals surface area (Å²) in [6.07, 6.45) is 4.57. The van der Waals surface area contributed by atoms with E-state index in [2.05, 4.69) is 15.4 Å². The molecule has 0 radical (unpaired) electrons.